The third kappa shape index (κ3) is 3.96. The Hall–Kier alpha value is -2.21. The molecule has 1 fully saturated rings. The lowest BCUT2D eigenvalue weighted by molar-refractivity contribution is 0.162. The Morgan fingerprint density at radius 3 is 3.04 bits per heavy atom. The highest BCUT2D eigenvalue weighted by Crippen LogP contribution is 2.19. The number of aromatic nitrogens is 2. The van der Waals surface area contributed by atoms with E-state index in [2.05, 4.69) is 26.3 Å². The summed E-state index contributed by atoms with van der Waals surface area (Å²) in [4.78, 5) is 22.6. The van der Waals surface area contributed by atoms with Gasteiger partial charge < -0.3 is 11.1 Å². The van der Waals surface area contributed by atoms with Gasteiger partial charge in [-0.25, -0.2) is 14.8 Å². The first-order valence-electron chi connectivity index (χ1n) is 8.10. The maximum absolute atomic E-state index is 10.9. The molecule has 1 aromatic carbocycles. The van der Waals surface area contributed by atoms with Crippen LogP contribution in [0.25, 0.3) is 10.9 Å². The van der Waals surface area contributed by atoms with E-state index in [1.807, 2.05) is 25.1 Å². The predicted molar refractivity (Wildman–Crippen MR) is 89.9 cm³/mol. The topological polar surface area (TPSA) is 84.1 Å². The van der Waals surface area contributed by atoms with Gasteiger partial charge in [-0.1, -0.05) is 18.2 Å². The maximum atomic E-state index is 10.9. The number of hydrogen-bond donors (Lipinski definition) is 2. The Labute approximate surface area is 136 Å². The van der Waals surface area contributed by atoms with Crippen LogP contribution in [0, 0.1) is 12.8 Å². The van der Waals surface area contributed by atoms with Crippen LogP contribution in [0.2, 0.25) is 0 Å². The minimum Gasteiger partial charge on any atom is -0.352 e. The lowest BCUT2D eigenvalue weighted by Crippen LogP contribution is -2.42. The molecule has 1 saturated heterocycles. The van der Waals surface area contributed by atoms with Crippen LogP contribution in [0.4, 0.5) is 4.79 Å². The highest BCUT2D eigenvalue weighted by atomic mass is 16.2. The molecule has 1 aromatic heterocycles. The van der Waals surface area contributed by atoms with Gasteiger partial charge in [-0.05, 0) is 38.3 Å². The van der Waals surface area contributed by atoms with Crippen molar-refractivity contribution in [2.24, 2.45) is 11.7 Å². The van der Waals surface area contributed by atoms with Gasteiger partial charge in [0, 0.05) is 24.2 Å². The van der Waals surface area contributed by atoms with E-state index in [9.17, 15) is 4.79 Å². The molecule has 3 N–H and O–H groups in total. The smallest absolute Gasteiger partial charge is 0.312 e. The van der Waals surface area contributed by atoms with Gasteiger partial charge in [0.05, 0.1) is 12.1 Å². The molecule has 0 spiro atoms. The minimum atomic E-state index is -0.449. The fourth-order valence-electron chi connectivity index (χ4n) is 3.27. The Morgan fingerprint density at radius 1 is 1.39 bits per heavy atom. The van der Waals surface area contributed by atoms with Crippen LogP contribution in [-0.2, 0) is 6.54 Å². The number of para-hydroxylation sites is 1. The van der Waals surface area contributed by atoms with Crippen LogP contribution in [-0.4, -0.2) is 40.5 Å². The molecule has 2 aromatic rings. The number of hydrogen-bond acceptors (Lipinski definition) is 4. The van der Waals surface area contributed by atoms with E-state index in [1.54, 1.807) is 0 Å². The molecular weight excluding hydrogens is 290 g/mol. The number of nitrogens with one attached hydrogen (secondary N) is 1. The molecule has 6 heteroatoms. The summed E-state index contributed by atoms with van der Waals surface area (Å²) < 4.78 is 0. The standard InChI is InChI=1S/C17H23N5O/c1-12-14-6-2-3-7-15(14)21-16(20-12)11-22-8-4-5-13(10-22)9-19-17(18)23/h2-3,6-7,13H,4-5,8-11H2,1H3,(H3,18,19,23)/t13-/m1/s1. The summed E-state index contributed by atoms with van der Waals surface area (Å²) in [5, 5.41) is 3.82. The van der Waals surface area contributed by atoms with Crippen molar-refractivity contribution in [3.8, 4) is 0 Å². The molecule has 1 aliphatic heterocycles. The summed E-state index contributed by atoms with van der Waals surface area (Å²) in [6, 6.07) is 7.66. The molecule has 1 aliphatic rings. The number of fused-ring (bicyclic) bond motifs is 1. The van der Waals surface area contributed by atoms with Crippen LogP contribution in [0.1, 0.15) is 24.4 Å². The average molecular weight is 313 g/mol. The summed E-state index contributed by atoms with van der Waals surface area (Å²) >= 11 is 0. The lowest BCUT2D eigenvalue weighted by Gasteiger charge is -2.32. The van der Waals surface area contributed by atoms with Crippen LogP contribution < -0.4 is 11.1 Å². The summed E-state index contributed by atoms with van der Waals surface area (Å²) in [6.45, 7) is 5.41. The summed E-state index contributed by atoms with van der Waals surface area (Å²) in [7, 11) is 0. The quantitative estimate of drug-likeness (QED) is 0.902. The number of likely N-dealkylation sites (tertiary alicyclic amines) is 1. The summed E-state index contributed by atoms with van der Waals surface area (Å²) in [5.74, 6) is 1.31. The van der Waals surface area contributed by atoms with Crippen molar-refractivity contribution in [3.05, 3.63) is 35.8 Å². The lowest BCUT2D eigenvalue weighted by atomic mass is 9.98. The van der Waals surface area contributed by atoms with Crippen molar-refractivity contribution < 1.29 is 4.79 Å². The third-order valence-electron chi connectivity index (χ3n) is 4.37. The second kappa shape index (κ2) is 6.91. The van der Waals surface area contributed by atoms with E-state index >= 15 is 0 Å². The Kier molecular flexibility index (Phi) is 4.71. The van der Waals surface area contributed by atoms with E-state index in [1.165, 1.54) is 0 Å². The molecule has 2 heterocycles. The number of urea groups is 1. The SMILES string of the molecule is Cc1nc(CN2CCC[C@H](CNC(N)=O)C2)nc2ccccc12. The number of nitrogens with zero attached hydrogens (tertiary/aromatic N) is 3. The Morgan fingerprint density at radius 2 is 2.22 bits per heavy atom. The van der Waals surface area contributed by atoms with Crippen molar-refractivity contribution in [1.82, 2.24) is 20.2 Å². The van der Waals surface area contributed by atoms with Crippen molar-refractivity contribution >= 4 is 16.9 Å². The molecule has 0 radical (unpaired) electrons. The monoisotopic (exact) mass is 313 g/mol. The van der Waals surface area contributed by atoms with Gasteiger partial charge in [-0.3, -0.25) is 4.90 Å². The van der Waals surface area contributed by atoms with E-state index in [0.717, 1.165) is 54.9 Å². The van der Waals surface area contributed by atoms with Crippen molar-refractivity contribution in [2.75, 3.05) is 19.6 Å². The van der Waals surface area contributed by atoms with Gasteiger partial charge in [0.2, 0.25) is 0 Å². The number of nitrogens with two attached hydrogens (primary N) is 1. The number of carbonyl (C=O) groups is 1. The van der Waals surface area contributed by atoms with Crippen molar-refractivity contribution in [2.45, 2.75) is 26.3 Å². The summed E-state index contributed by atoms with van der Waals surface area (Å²) in [5.41, 5.74) is 7.18. The van der Waals surface area contributed by atoms with Gasteiger partial charge >= 0.3 is 6.03 Å². The molecule has 6 nitrogen and oxygen atoms in total. The molecule has 0 saturated carbocycles. The fraction of sp³-hybridized carbons (Fsp3) is 0.471. The number of piperidine rings is 1. The van der Waals surface area contributed by atoms with Crippen LogP contribution in [0.15, 0.2) is 24.3 Å². The number of amides is 2. The minimum absolute atomic E-state index is 0.442. The van der Waals surface area contributed by atoms with Gasteiger partial charge in [-0.2, -0.15) is 0 Å². The third-order valence-corrected chi connectivity index (χ3v) is 4.37. The van der Waals surface area contributed by atoms with Gasteiger partial charge in [0.25, 0.3) is 0 Å². The maximum Gasteiger partial charge on any atom is 0.312 e. The first-order valence-corrected chi connectivity index (χ1v) is 8.10. The van der Waals surface area contributed by atoms with E-state index in [-0.39, 0.29) is 0 Å². The highest BCUT2D eigenvalue weighted by Gasteiger charge is 2.21. The second-order valence-electron chi connectivity index (χ2n) is 6.23. The fourth-order valence-corrected chi connectivity index (χ4v) is 3.27. The van der Waals surface area contributed by atoms with Crippen molar-refractivity contribution in [3.63, 3.8) is 0 Å². The number of carbonyl (C=O) groups excluding carboxylic acids is 1. The normalized spacial score (nSPS) is 18.9. The van der Waals surface area contributed by atoms with E-state index < -0.39 is 6.03 Å². The first-order chi connectivity index (χ1) is 11.1. The van der Waals surface area contributed by atoms with Gasteiger partial charge in [-0.15, -0.1) is 0 Å². The number of aryl methyl sites for hydroxylation is 1. The van der Waals surface area contributed by atoms with E-state index in [0.29, 0.717) is 12.5 Å². The van der Waals surface area contributed by atoms with Crippen LogP contribution >= 0.6 is 0 Å². The first kappa shape index (κ1) is 15.7. The molecule has 2 amide bonds. The van der Waals surface area contributed by atoms with E-state index in [4.69, 9.17) is 5.73 Å². The molecule has 122 valence electrons. The Bertz CT molecular complexity index is 702. The highest BCUT2D eigenvalue weighted by molar-refractivity contribution is 5.80. The second-order valence-corrected chi connectivity index (χ2v) is 6.23. The number of primary amides is 1. The molecule has 1 atom stereocenters. The summed E-state index contributed by atoms with van der Waals surface area (Å²) in [6.07, 6.45) is 2.24. The van der Waals surface area contributed by atoms with Crippen molar-refractivity contribution in [1.29, 1.82) is 0 Å². The number of benzene rings is 1. The van der Waals surface area contributed by atoms with Gasteiger partial charge in [0.1, 0.15) is 5.82 Å². The predicted octanol–water partition coefficient (Wildman–Crippen LogP) is 1.82. The zero-order valence-electron chi connectivity index (χ0n) is 13.5. The van der Waals surface area contributed by atoms with Gasteiger partial charge in [0.15, 0.2) is 0 Å². The largest absolute Gasteiger partial charge is 0.352 e. The van der Waals surface area contributed by atoms with Crippen LogP contribution in [0.3, 0.4) is 0 Å². The number of rotatable bonds is 4. The zero-order valence-corrected chi connectivity index (χ0v) is 13.5. The molecule has 0 unspecified atom stereocenters. The molecule has 0 bridgehead atoms. The molecule has 23 heavy (non-hydrogen) atoms. The molecular formula is C17H23N5O. The van der Waals surface area contributed by atoms with Crippen LogP contribution in [0.5, 0.6) is 0 Å². The molecule has 0 aliphatic carbocycles. The Balaban J connectivity index is 1.68. The molecule has 3 rings (SSSR count). The average Bonchev–Trinajstić information content (AvgIpc) is 2.53. The zero-order chi connectivity index (χ0) is 16.2.